The van der Waals surface area contributed by atoms with E-state index < -0.39 is 6.04 Å². The highest BCUT2D eigenvalue weighted by molar-refractivity contribution is 9.10. The first-order valence-corrected chi connectivity index (χ1v) is 7.71. The summed E-state index contributed by atoms with van der Waals surface area (Å²) in [6.07, 6.45) is 2.66. The number of aliphatic hydroxyl groups is 1. The first-order chi connectivity index (χ1) is 9.49. The number of amides is 1. The summed E-state index contributed by atoms with van der Waals surface area (Å²) in [5.41, 5.74) is 6.45. The Hall–Kier alpha value is -0.910. The van der Waals surface area contributed by atoms with Crippen molar-refractivity contribution in [3.63, 3.8) is 0 Å². The average Bonchev–Trinajstić information content (AvgIpc) is 2.74. The van der Waals surface area contributed by atoms with E-state index in [1.165, 1.54) is 0 Å². The molecular formula is C15H21BrN2O2. The highest BCUT2D eigenvalue weighted by atomic mass is 79.9. The summed E-state index contributed by atoms with van der Waals surface area (Å²) in [7, 11) is 1.89. The third-order valence-corrected chi connectivity index (χ3v) is 4.51. The Morgan fingerprint density at radius 3 is 2.85 bits per heavy atom. The number of hydrogen-bond acceptors (Lipinski definition) is 3. The fraction of sp³-hybridized carbons (Fsp3) is 0.533. The van der Waals surface area contributed by atoms with Crippen LogP contribution in [-0.4, -0.2) is 35.6 Å². The van der Waals surface area contributed by atoms with Gasteiger partial charge in [0.25, 0.3) is 0 Å². The van der Waals surface area contributed by atoms with Gasteiger partial charge in [-0.05, 0) is 43.5 Å². The number of carbonyl (C=O) groups excluding carboxylic acids is 1. The molecular weight excluding hydrogens is 320 g/mol. The third kappa shape index (κ3) is 3.59. The monoisotopic (exact) mass is 340 g/mol. The van der Waals surface area contributed by atoms with Crippen LogP contribution in [0.15, 0.2) is 28.7 Å². The van der Waals surface area contributed by atoms with Crippen LogP contribution in [0.25, 0.3) is 0 Å². The molecule has 2 rings (SSSR count). The topological polar surface area (TPSA) is 66.6 Å². The number of rotatable bonds is 5. The molecule has 0 aromatic heterocycles. The van der Waals surface area contributed by atoms with Crippen LogP contribution in [0.3, 0.4) is 0 Å². The van der Waals surface area contributed by atoms with E-state index in [9.17, 15) is 9.90 Å². The number of halogens is 1. The minimum Gasteiger partial charge on any atom is -0.393 e. The second-order valence-corrected chi connectivity index (χ2v) is 6.47. The number of primary amides is 1. The maximum absolute atomic E-state index is 11.8. The molecule has 4 nitrogen and oxygen atoms in total. The first kappa shape index (κ1) is 15.5. The van der Waals surface area contributed by atoms with Gasteiger partial charge in [-0.25, -0.2) is 0 Å². The summed E-state index contributed by atoms with van der Waals surface area (Å²) in [6, 6.07) is 7.18. The number of carbonyl (C=O) groups is 1. The van der Waals surface area contributed by atoms with Crippen molar-refractivity contribution in [3.05, 3.63) is 34.3 Å². The molecule has 5 heteroatoms. The SMILES string of the molecule is CN(CC1CCCC1O)C(C(N)=O)c1cccc(Br)c1. The van der Waals surface area contributed by atoms with Gasteiger partial charge in [0.15, 0.2) is 0 Å². The Balaban J connectivity index is 2.14. The predicted octanol–water partition coefficient (Wildman–Crippen LogP) is 2.07. The van der Waals surface area contributed by atoms with Crippen molar-refractivity contribution in [2.75, 3.05) is 13.6 Å². The Kier molecular flexibility index (Phi) is 5.18. The number of nitrogens with two attached hydrogens (primary N) is 1. The molecule has 0 spiro atoms. The molecule has 1 saturated carbocycles. The van der Waals surface area contributed by atoms with Crippen LogP contribution < -0.4 is 5.73 Å². The van der Waals surface area contributed by atoms with Crippen LogP contribution in [0, 0.1) is 5.92 Å². The van der Waals surface area contributed by atoms with E-state index in [0.717, 1.165) is 29.3 Å². The maximum atomic E-state index is 11.8. The van der Waals surface area contributed by atoms with Crippen LogP contribution in [0.1, 0.15) is 30.9 Å². The number of hydrogen-bond donors (Lipinski definition) is 2. The third-order valence-electron chi connectivity index (χ3n) is 4.02. The molecule has 1 aromatic rings. The fourth-order valence-corrected chi connectivity index (χ4v) is 3.44. The van der Waals surface area contributed by atoms with E-state index in [1.807, 2.05) is 36.2 Å². The van der Waals surface area contributed by atoms with Gasteiger partial charge < -0.3 is 10.8 Å². The van der Waals surface area contributed by atoms with Crippen LogP contribution >= 0.6 is 15.9 Å². The van der Waals surface area contributed by atoms with Gasteiger partial charge in [-0.1, -0.05) is 34.5 Å². The smallest absolute Gasteiger partial charge is 0.239 e. The van der Waals surface area contributed by atoms with E-state index in [-0.39, 0.29) is 17.9 Å². The van der Waals surface area contributed by atoms with Gasteiger partial charge in [0.1, 0.15) is 6.04 Å². The molecule has 1 aromatic carbocycles. The predicted molar refractivity (Wildman–Crippen MR) is 82.1 cm³/mol. The van der Waals surface area contributed by atoms with Gasteiger partial charge in [-0.3, -0.25) is 9.69 Å². The Morgan fingerprint density at radius 2 is 2.30 bits per heavy atom. The Bertz CT molecular complexity index is 481. The van der Waals surface area contributed by atoms with Crippen molar-refractivity contribution < 1.29 is 9.90 Å². The van der Waals surface area contributed by atoms with Gasteiger partial charge in [0.2, 0.25) is 5.91 Å². The Labute approximate surface area is 128 Å². The minimum atomic E-state index is -0.458. The summed E-state index contributed by atoms with van der Waals surface area (Å²) >= 11 is 3.42. The summed E-state index contributed by atoms with van der Waals surface area (Å²) in [6.45, 7) is 0.682. The second-order valence-electron chi connectivity index (χ2n) is 5.56. The van der Waals surface area contributed by atoms with Crippen LogP contribution in [0.4, 0.5) is 0 Å². The van der Waals surface area contributed by atoms with Crippen molar-refractivity contribution in [1.29, 1.82) is 0 Å². The van der Waals surface area contributed by atoms with E-state index in [4.69, 9.17) is 5.73 Å². The lowest BCUT2D eigenvalue weighted by atomic mass is 10.0. The van der Waals surface area contributed by atoms with E-state index >= 15 is 0 Å². The van der Waals surface area contributed by atoms with Crippen LogP contribution in [-0.2, 0) is 4.79 Å². The molecule has 0 saturated heterocycles. The molecule has 0 radical (unpaired) electrons. The average molecular weight is 341 g/mol. The lowest BCUT2D eigenvalue weighted by Crippen LogP contribution is -2.39. The zero-order valence-corrected chi connectivity index (χ0v) is 13.2. The molecule has 0 bridgehead atoms. The standard InChI is InChI=1S/C15H21BrN2O2/c1-18(9-11-5-3-7-13(11)19)14(15(17)20)10-4-2-6-12(16)8-10/h2,4,6,8,11,13-14,19H,3,5,7,9H2,1H3,(H2,17,20). The van der Waals surface area contributed by atoms with Gasteiger partial charge in [-0.15, -0.1) is 0 Å². The van der Waals surface area contributed by atoms with Crippen molar-refractivity contribution in [2.45, 2.75) is 31.4 Å². The summed E-state index contributed by atoms with van der Waals surface area (Å²) < 4.78 is 0.926. The zero-order chi connectivity index (χ0) is 14.7. The van der Waals surface area contributed by atoms with E-state index in [0.29, 0.717) is 6.54 Å². The fourth-order valence-electron chi connectivity index (χ4n) is 3.02. The molecule has 3 atom stereocenters. The van der Waals surface area contributed by atoms with Gasteiger partial charge in [0.05, 0.1) is 6.10 Å². The molecule has 20 heavy (non-hydrogen) atoms. The van der Waals surface area contributed by atoms with Gasteiger partial charge >= 0.3 is 0 Å². The molecule has 0 heterocycles. The Morgan fingerprint density at radius 1 is 1.55 bits per heavy atom. The van der Waals surface area contributed by atoms with E-state index in [1.54, 1.807) is 0 Å². The molecule has 3 N–H and O–H groups in total. The zero-order valence-electron chi connectivity index (χ0n) is 11.6. The number of likely N-dealkylation sites (N-methyl/N-ethyl adjacent to an activating group) is 1. The van der Waals surface area contributed by atoms with E-state index in [2.05, 4.69) is 15.9 Å². The van der Waals surface area contributed by atoms with Crippen molar-refractivity contribution >= 4 is 21.8 Å². The van der Waals surface area contributed by atoms with Crippen molar-refractivity contribution in [3.8, 4) is 0 Å². The minimum absolute atomic E-state index is 0.231. The second kappa shape index (κ2) is 6.70. The number of aliphatic hydroxyl groups excluding tert-OH is 1. The van der Waals surface area contributed by atoms with Crippen LogP contribution in [0.2, 0.25) is 0 Å². The maximum Gasteiger partial charge on any atom is 0.239 e. The molecule has 1 aliphatic rings. The molecule has 110 valence electrons. The number of nitrogens with zero attached hydrogens (tertiary/aromatic N) is 1. The lowest BCUT2D eigenvalue weighted by Gasteiger charge is -2.29. The molecule has 1 fully saturated rings. The highest BCUT2D eigenvalue weighted by Gasteiger charge is 2.30. The lowest BCUT2D eigenvalue weighted by molar-refractivity contribution is -0.123. The molecule has 3 unspecified atom stereocenters. The summed E-state index contributed by atoms with van der Waals surface area (Å²) in [5.74, 6) is -0.132. The molecule has 1 aliphatic carbocycles. The van der Waals surface area contributed by atoms with Crippen LogP contribution in [0.5, 0.6) is 0 Å². The highest BCUT2D eigenvalue weighted by Crippen LogP contribution is 2.29. The van der Waals surface area contributed by atoms with Crippen molar-refractivity contribution in [1.82, 2.24) is 4.90 Å². The number of benzene rings is 1. The summed E-state index contributed by atoms with van der Waals surface area (Å²) in [4.78, 5) is 13.8. The quantitative estimate of drug-likeness (QED) is 0.862. The normalized spacial score (nSPS) is 24.0. The van der Waals surface area contributed by atoms with Crippen molar-refractivity contribution in [2.24, 2.45) is 11.7 Å². The molecule has 0 aliphatic heterocycles. The first-order valence-electron chi connectivity index (χ1n) is 6.92. The summed E-state index contributed by atoms with van der Waals surface area (Å²) in [5, 5.41) is 9.92. The molecule has 1 amide bonds. The van der Waals surface area contributed by atoms with Gasteiger partial charge in [-0.2, -0.15) is 0 Å². The van der Waals surface area contributed by atoms with Gasteiger partial charge in [0, 0.05) is 11.0 Å². The largest absolute Gasteiger partial charge is 0.393 e.